The van der Waals surface area contributed by atoms with Crippen LogP contribution in [0.4, 0.5) is 5.69 Å². The summed E-state index contributed by atoms with van der Waals surface area (Å²) in [7, 11) is 0. The Labute approximate surface area is 122 Å². The topological polar surface area (TPSA) is 95.5 Å². The number of amides is 2. The molecular formula is C15H18N2O4. The quantitative estimate of drug-likeness (QED) is 0.696. The minimum absolute atomic E-state index is 0.172. The molecule has 1 atom stereocenters. The molecule has 0 saturated carbocycles. The van der Waals surface area contributed by atoms with Gasteiger partial charge in [-0.15, -0.1) is 6.58 Å². The Bertz CT molecular complexity index is 564. The molecular weight excluding hydrogens is 272 g/mol. The fourth-order valence-electron chi connectivity index (χ4n) is 1.70. The number of anilines is 1. The number of hydrogen-bond donors (Lipinski definition) is 3. The number of nitrogens with one attached hydrogen (secondary N) is 2. The molecule has 1 aromatic rings. The van der Waals surface area contributed by atoms with E-state index in [9.17, 15) is 14.4 Å². The van der Waals surface area contributed by atoms with Crippen LogP contribution in [-0.2, 0) is 9.59 Å². The lowest BCUT2D eigenvalue weighted by Gasteiger charge is -2.14. The lowest BCUT2D eigenvalue weighted by molar-refractivity contribution is -0.139. The molecule has 3 N–H and O–H groups in total. The van der Waals surface area contributed by atoms with Gasteiger partial charge in [0, 0.05) is 18.2 Å². The molecule has 0 aliphatic rings. The van der Waals surface area contributed by atoms with Gasteiger partial charge in [-0.1, -0.05) is 5.57 Å². The van der Waals surface area contributed by atoms with E-state index in [0.29, 0.717) is 16.8 Å². The molecule has 1 aromatic carbocycles. The van der Waals surface area contributed by atoms with Crippen molar-refractivity contribution in [1.82, 2.24) is 5.32 Å². The standard InChI is InChI=1S/C15H18N2O4/c1-9(2)8-13(15(20)21)17-14(19)11-4-6-12(7-5-11)16-10(3)18/h4-7,13H,1,8H2,2-3H3,(H,16,18)(H,17,19)(H,20,21)/t13-/m1/s1. The third-order valence-corrected chi connectivity index (χ3v) is 2.62. The minimum Gasteiger partial charge on any atom is -0.480 e. The van der Waals surface area contributed by atoms with Crippen LogP contribution in [0.15, 0.2) is 36.4 Å². The molecule has 21 heavy (non-hydrogen) atoms. The molecule has 112 valence electrons. The van der Waals surface area contributed by atoms with Gasteiger partial charge in [0.05, 0.1) is 0 Å². The van der Waals surface area contributed by atoms with E-state index in [2.05, 4.69) is 17.2 Å². The Kier molecular flexibility index (Phi) is 5.66. The lowest BCUT2D eigenvalue weighted by atomic mass is 10.1. The van der Waals surface area contributed by atoms with E-state index in [-0.39, 0.29) is 12.3 Å². The van der Waals surface area contributed by atoms with Gasteiger partial charge >= 0.3 is 5.97 Å². The fraction of sp³-hybridized carbons (Fsp3) is 0.267. The van der Waals surface area contributed by atoms with Crippen molar-refractivity contribution >= 4 is 23.5 Å². The van der Waals surface area contributed by atoms with Crippen LogP contribution in [0.25, 0.3) is 0 Å². The summed E-state index contributed by atoms with van der Waals surface area (Å²) in [5.41, 5.74) is 1.55. The van der Waals surface area contributed by atoms with Crippen molar-refractivity contribution < 1.29 is 19.5 Å². The predicted octanol–water partition coefficient (Wildman–Crippen LogP) is 1.79. The first kappa shape index (κ1) is 16.4. The van der Waals surface area contributed by atoms with Crippen molar-refractivity contribution in [3.05, 3.63) is 42.0 Å². The maximum absolute atomic E-state index is 12.0. The molecule has 0 unspecified atom stereocenters. The smallest absolute Gasteiger partial charge is 0.326 e. The molecule has 0 radical (unpaired) electrons. The summed E-state index contributed by atoms with van der Waals surface area (Å²) in [6.45, 7) is 6.73. The van der Waals surface area contributed by atoms with E-state index in [0.717, 1.165) is 0 Å². The molecule has 0 bridgehead atoms. The minimum atomic E-state index is -1.11. The molecule has 6 heteroatoms. The SMILES string of the molecule is C=C(C)C[C@@H](NC(=O)c1ccc(NC(C)=O)cc1)C(=O)O. The predicted molar refractivity (Wildman–Crippen MR) is 79.1 cm³/mol. The highest BCUT2D eigenvalue weighted by atomic mass is 16.4. The largest absolute Gasteiger partial charge is 0.480 e. The number of hydrogen-bond acceptors (Lipinski definition) is 3. The van der Waals surface area contributed by atoms with Crippen molar-refractivity contribution in [3.63, 3.8) is 0 Å². The maximum atomic E-state index is 12.0. The Hall–Kier alpha value is -2.63. The van der Waals surface area contributed by atoms with Crippen LogP contribution < -0.4 is 10.6 Å². The van der Waals surface area contributed by atoms with Crippen LogP contribution in [0.2, 0.25) is 0 Å². The Morgan fingerprint density at radius 2 is 1.76 bits per heavy atom. The molecule has 0 heterocycles. The lowest BCUT2D eigenvalue weighted by Crippen LogP contribution is -2.40. The highest BCUT2D eigenvalue weighted by Gasteiger charge is 2.20. The molecule has 0 aliphatic carbocycles. The number of carboxylic acids is 1. The number of benzene rings is 1. The first-order chi connectivity index (χ1) is 9.79. The number of carbonyl (C=O) groups is 3. The van der Waals surface area contributed by atoms with E-state index in [4.69, 9.17) is 5.11 Å². The molecule has 0 spiro atoms. The van der Waals surface area contributed by atoms with Crippen molar-refractivity contribution in [2.24, 2.45) is 0 Å². The van der Waals surface area contributed by atoms with Crippen molar-refractivity contribution in [3.8, 4) is 0 Å². The van der Waals surface area contributed by atoms with Crippen LogP contribution >= 0.6 is 0 Å². The Morgan fingerprint density at radius 3 is 2.19 bits per heavy atom. The third kappa shape index (κ3) is 5.48. The second-order valence-corrected chi connectivity index (χ2v) is 4.78. The van der Waals surface area contributed by atoms with Gasteiger partial charge in [-0.05, 0) is 37.6 Å². The first-order valence-electron chi connectivity index (χ1n) is 6.35. The van der Waals surface area contributed by atoms with Gasteiger partial charge in [-0.3, -0.25) is 9.59 Å². The molecule has 0 aromatic heterocycles. The van der Waals surface area contributed by atoms with Gasteiger partial charge in [-0.2, -0.15) is 0 Å². The Balaban J connectivity index is 2.76. The average Bonchev–Trinajstić information content (AvgIpc) is 2.37. The third-order valence-electron chi connectivity index (χ3n) is 2.62. The summed E-state index contributed by atoms with van der Waals surface area (Å²) in [5, 5.41) is 14.1. The summed E-state index contributed by atoms with van der Waals surface area (Å²) < 4.78 is 0. The van der Waals surface area contributed by atoms with E-state index < -0.39 is 17.9 Å². The summed E-state index contributed by atoms with van der Waals surface area (Å²) >= 11 is 0. The van der Waals surface area contributed by atoms with Gasteiger partial charge in [0.15, 0.2) is 0 Å². The van der Waals surface area contributed by atoms with Crippen molar-refractivity contribution in [2.75, 3.05) is 5.32 Å². The molecule has 0 aliphatic heterocycles. The molecule has 0 fully saturated rings. The zero-order valence-electron chi connectivity index (χ0n) is 12.0. The van der Waals surface area contributed by atoms with Crippen molar-refractivity contribution in [2.45, 2.75) is 26.3 Å². The average molecular weight is 290 g/mol. The van der Waals surface area contributed by atoms with E-state index in [1.807, 2.05) is 0 Å². The van der Waals surface area contributed by atoms with Gasteiger partial charge < -0.3 is 15.7 Å². The van der Waals surface area contributed by atoms with Crippen molar-refractivity contribution in [1.29, 1.82) is 0 Å². The van der Waals surface area contributed by atoms with Gasteiger partial charge in [0.1, 0.15) is 6.04 Å². The molecule has 1 rings (SSSR count). The zero-order valence-corrected chi connectivity index (χ0v) is 12.0. The zero-order chi connectivity index (χ0) is 16.0. The van der Waals surface area contributed by atoms with Gasteiger partial charge in [0.25, 0.3) is 5.91 Å². The van der Waals surface area contributed by atoms with Gasteiger partial charge in [-0.25, -0.2) is 4.79 Å². The monoisotopic (exact) mass is 290 g/mol. The van der Waals surface area contributed by atoms with Crippen LogP contribution in [0.1, 0.15) is 30.6 Å². The van der Waals surface area contributed by atoms with Crippen LogP contribution in [-0.4, -0.2) is 28.9 Å². The fourth-order valence-corrected chi connectivity index (χ4v) is 1.70. The number of aliphatic carboxylic acids is 1. The summed E-state index contributed by atoms with van der Waals surface area (Å²) in [6, 6.07) is 5.17. The number of rotatable bonds is 6. The second kappa shape index (κ2) is 7.23. The van der Waals surface area contributed by atoms with Gasteiger partial charge in [0.2, 0.25) is 5.91 Å². The summed E-state index contributed by atoms with van der Waals surface area (Å²) in [4.78, 5) is 33.9. The van der Waals surface area contributed by atoms with Crippen LogP contribution in [0.5, 0.6) is 0 Å². The van der Waals surface area contributed by atoms with E-state index in [1.165, 1.54) is 19.1 Å². The highest BCUT2D eigenvalue weighted by molar-refractivity contribution is 5.97. The number of carboxylic acid groups (broad SMARTS) is 1. The summed E-state index contributed by atoms with van der Waals surface area (Å²) in [6.07, 6.45) is 0.172. The molecule has 6 nitrogen and oxygen atoms in total. The number of carbonyl (C=O) groups excluding carboxylic acids is 2. The summed E-state index contributed by atoms with van der Waals surface area (Å²) in [5.74, 6) is -1.81. The van der Waals surface area contributed by atoms with E-state index in [1.54, 1.807) is 19.1 Å². The maximum Gasteiger partial charge on any atom is 0.326 e. The first-order valence-corrected chi connectivity index (χ1v) is 6.35. The van der Waals surface area contributed by atoms with Crippen LogP contribution in [0, 0.1) is 0 Å². The van der Waals surface area contributed by atoms with Crippen LogP contribution in [0.3, 0.4) is 0 Å². The second-order valence-electron chi connectivity index (χ2n) is 4.78. The molecule has 2 amide bonds. The highest BCUT2D eigenvalue weighted by Crippen LogP contribution is 2.10. The van der Waals surface area contributed by atoms with E-state index >= 15 is 0 Å². The molecule has 0 saturated heterocycles. The Morgan fingerprint density at radius 1 is 1.19 bits per heavy atom. The normalized spacial score (nSPS) is 11.3.